The van der Waals surface area contributed by atoms with E-state index in [9.17, 15) is 0 Å². The summed E-state index contributed by atoms with van der Waals surface area (Å²) in [6, 6.07) is 13.9. The molecule has 0 saturated carbocycles. The highest BCUT2D eigenvalue weighted by atomic mass is 35.5. The second kappa shape index (κ2) is 10.3. The summed E-state index contributed by atoms with van der Waals surface area (Å²) in [5, 5.41) is 13.4. The fourth-order valence-electron chi connectivity index (χ4n) is 3.21. The number of halogens is 1. The van der Waals surface area contributed by atoms with Gasteiger partial charge in [-0.15, -0.1) is 28.1 Å². The summed E-state index contributed by atoms with van der Waals surface area (Å²) < 4.78 is 7.99. The van der Waals surface area contributed by atoms with Gasteiger partial charge < -0.3 is 4.74 Å². The minimum Gasteiger partial charge on any atom is -0.485 e. The van der Waals surface area contributed by atoms with Crippen molar-refractivity contribution in [2.75, 3.05) is 0 Å². The third-order valence-electron chi connectivity index (χ3n) is 4.88. The Bertz CT molecular complexity index is 1230. The molecule has 0 bridgehead atoms. The van der Waals surface area contributed by atoms with Gasteiger partial charge in [-0.1, -0.05) is 53.7 Å². The van der Waals surface area contributed by atoms with Crippen molar-refractivity contribution in [2.24, 2.45) is 0 Å². The first-order chi connectivity index (χ1) is 15.5. The number of aryl methyl sites for hydroxylation is 2. The Labute approximate surface area is 201 Å². The molecule has 0 radical (unpaired) electrons. The zero-order valence-electron chi connectivity index (χ0n) is 17.9. The second-order valence-electron chi connectivity index (χ2n) is 7.24. The molecular weight excluding hydrogens is 460 g/mol. The van der Waals surface area contributed by atoms with Crippen molar-refractivity contribution in [3.05, 3.63) is 88.2 Å². The van der Waals surface area contributed by atoms with Crippen LogP contribution in [-0.4, -0.2) is 19.7 Å². The zero-order chi connectivity index (χ0) is 22.5. The van der Waals surface area contributed by atoms with Crippen LogP contribution in [0, 0.1) is 13.8 Å². The lowest BCUT2D eigenvalue weighted by molar-refractivity contribution is 0.287. The van der Waals surface area contributed by atoms with Gasteiger partial charge in [0.15, 0.2) is 11.0 Å². The van der Waals surface area contributed by atoms with E-state index in [2.05, 4.69) is 41.2 Å². The van der Waals surface area contributed by atoms with Crippen molar-refractivity contribution in [3.8, 4) is 16.3 Å². The number of ether oxygens (including phenoxy) is 1. The van der Waals surface area contributed by atoms with Gasteiger partial charge in [0.2, 0.25) is 0 Å². The Kier molecular flexibility index (Phi) is 7.29. The van der Waals surface area contributed by atoms with Crippen LogP contribution >= 0.6 is 34.7 Å². The van der Waals surface area contributed by atoms with E-state index < -0.39 is 0 Å². The molecular formula is C24H23ClN4OS2. The largest absolute Gasteiger partial charge is 0.485 e. The van der Waals surface area contributed by atoms with Crippen LogP contribution in [0.25, 0.3) is 10.6 Å². The Balaban J connectivity index is 1.44. The lowest BCUT2D eigenvalue weighted by atomic mass is 10.1. The first-order valence-corrected chi connectivity index (χ1v) is 12.3. The first-order valence-electron chi connectivity index (χ1n) is 10.1. The van der Waals surface area contributed by atoms with Crippen LogP contribution in [0.2, 0.25) is 5.02 Å². The average molecular weight is 483 g/mol. The minimum absolute atomic E-state index is 0.317. The molecule has 4 rings (SSSR count). The molecule has 5 nitrogen and oxygen atoms in total. The quantitative estimate of drug-likeness (QED) is 0.195. The molecule has 0 amide bonds. The van der Waals surface area contributed by atoms with Crippen LogP contribution < -0.4 is 4.74 Å². The number of nitrogens with zero attached hydrogens (tertiary/aromatic N) is 4. The topological polar surface area (TPSA) is 52.8 Å². The van der Waals surface area contributed by atoms with Crippen molar-refractivity contribution >= 4 is 34.7 Å². The molecule has 0 N–H and O–H groups in total. The number of aromatic nitrogens is 4. The molecule has 0 fully saturated rings. The number of benzene rings is 2. The van der Waals surface area contributed by atoms with Crippen molar-refractivity contribution in [2.45, 2.75) is 37.9 Å². The van der Waals surface area contributed by atoms with Gasteiger partial charge >= 0.3 is 0 Å². The number of hydrogen-bond acceptors (Lipinski definition) is 6. The van der Waals surface area contributed by atoms with E-state index in [0.29, 0.717) is 18.2 Å². The van der Waals surface area contributed by atoms with Crippen LogP contribution in [0.4, 0.5) is 0 Å². The van der Waals surface area contributed by atoms with E-state index in [1.54, 1.807) is 23.1 Å². The van der Waals surface area contributed by atoms with Crippen LogP contribution in [-0.2, 0) is 18.9 Å². The van der Waals surface area contributed by atoms with Crippen LogP contribution in [0.3, 0.4) is 0 Å². The van der Waals surface area contributed by atoms with Crippen molar-refractivity contribution in [3.63, 3.8) is 0 Å². The predicted octanol–water partition coefficient (Wildman–Crippen LogP) is 6.73. The summed E-state index contributed by atoms with van der Waals surface area (Å²) in [5.74, 6) is 2.25. The number of thioether (sulfide) groups is 1. The van der Waals surface area contributed by atoms with E-state index in [-0.39, 0.29) is 0 Å². The SMILES string of the molecule is C=CCn1c(COc2ccc(Cl)cc2C)nnc1SCc1csc(-c2ccccc2C)n1. The fraction of sp³-hybridized carbons (Fsp3) is 0.208. The predicted molar refractivity (Wildman–Crippen MR) is 133 cm³/mol. The second-order valence-corrected chi connectivity index (χ2v) is 9.48. The maximum atomic E-state index is 6.03. The third kappa shape index (κ3) is 5.23. The number of thiazole rings is 1. The molecule has 8 heteroatoms. The molecule has 0 aliphatic carbocycles. The summed E-state index contributed by atoms with van der Waals surface area (Å²) in [6.07, 6.45) is 1.84. The molecule has 0 unspecified atom stereocenters. The van der Waals surface area contributed by atoms with E-state index in [4.69, 9.17) is 21.3 Å². The van der Waals surface area contributed by atoms with Gasteiger partial charge in [-0.05, 0) is 43.2 Å². The number of hydrogen-bond donors (Lipinski definition) is 0. The normalized spacial score (nSPS) is 11.0. The first kappa shape index (κ1) is 22.6. The van der Waals surface area contributed by atoms with Crippen LogP contribution in [0.15, 0.2) is 65.7 Å². The maximum absolute atomic E-state index is 6.03. The molecule has 2 aromatic carbocycles. The number of rotatable bonds is 9. The van der Waals surface area contributed by atoms with Crippen molar-refractivity contribution < 1.29 is 4.74 Å². The summed E-state index contributed by atoms with van der Waals surface area (Å²) in [7, 11) is 0. The lowest BCUT2D eigenvalue weighted by Gasteiger charge is -2.10. The van der Waals surface area contributed by atoms with Gasteiger partial charge in [-0.25, -0.2) is 4.98 Å². The van der Waals surface area contributed by atoms with Gasteiger partial charge in [0.25, 0.3) is 0 Å². The van der Waals surface area contributed by atoms with Crippen LogP contribution in [0.5, 0.6) is 5.75 Å². The van der Waals surface area contributed by atoms with Gasteiger partial charge in [-0.3, -0.25) is 4.57 Å². The monoisotopic (exact) mass is 482 g/mol. The van der Waals surface area contributed by atoms with Gasteiger partial charge in [0.05, 0.1) is 5.69 Å². The Hall–Kier alpha value is -2.61. The summed E-state index contributed by atoms with van der Waals surface area (Å²) in [5.41, 5.74) is 4.42. The smallest absolute Gasteiger partial charge is 0.191 e. The standard InChI is InChI=1S/C24H23ClN4OS2/c1-4-11-29-22(13-30-21-10-9-18(25)12-17(21)3)27-28-24(29)32-15-19-14-31-23(26-19)20-8-6-5-7-16(20)2/h4-10,12,14H,1,11,13,15H2,2-3H3. The summed E-state index contributed by atoms with van der Waals surface area (Å²) >= 11 is 9.31. The van der Waals surface area contributed by atoms with Crippen molar-refractivity contribution in [1.29, 1.82) is 0 Å². The molecule has 2 aromatic heterocycles. The van der Waals surface area contributed by atoms with E-state index in [1.807, 2.05) is 47.9 Å². The van der Waals surface area contributed by atoms with Gasteiger partial charge in [0, 0.05) is 28.3 Å². The molecule has 2 heterocycles. The van der Waals surface area contributed by atoms with E-state index in [0.717, 1.165) is 38.7 Å². The lowest BCUT2D eigenvalue weighted by Crippen LogP contribution is -2.08. The zero-order valence-corrected chi connectivity index (χ0v) is 20.3. The highest BCUT2D eigenvalue weighted by molar-refractivity contribution is 7.98. The summed E-state index contributed by atoms with van der Waals surface area (Å²) in [4.78, 5) is 4.82. The Morgan fingerprint density at radius 1 is 1.16 bits per heavy atom. The molecule has 0 atom stereocenters. The van der Waals surface area contributed by atoms with E-state index >= 15 is 0 Å². The molecule has 164 valence electrons. The molecule has 32 heavy (non-hydrogen) atoms. The van der Waals surface area contributed by atoms with Gasteiger partial charge in [0.1, 0.15) is 17.4 Å². The highest BCUT2D eigenvalue weighted by Crippen LogP contribution is 2.30. The molecule has 0 aliphatic rings. The highest BCUT2D eigenvalue weighted by Gasteiger charge is 2.14. The third-order valence-corrected chi connectivity index (χ3v) is 7.04. The molecule has 0 aliphatic heterocycles. The minimum atomic E-state index is 0.317. The number of allylic oxidation sites excluding steroid dienone is 1. The van der Waals surface area contributed by atoms with Crippen LogP contribution in [0.1, 0.15) is 22.6 Å². The molecule has 0 saturated heterocycles. The Morgan fingerprint density at radius 3 is 2.78 bits per heavy atom. The van der Waals surface area contributed by atoms with Gasteiger partial charge in [-0.2, -0.15) is 0 Å². The van der Waals surface area contributed by atoms with Crippen molar-refractivity contribution in [1.82, 2.24) is 19.7 Å². The Morgan fingerprint density at radius 2 is 2.00 bits per heavy atom. The van der Waals surface area contributed by atoms with E-state index in [1.165, 1.54) is 11.1 Å². The maximum Gasteiger partial charge on any atom is 0.191 e. The molecule has 4 aromatic rings. The fourth-order valence-corrected chi connectivity index (χ4v) is 5.31. The molecule has 0 spiro atoms. The average Bonchev–Trinajstić information content (AvgIpc) is 3.39. The summed E-state index contributed by atoms with van der Waals surface area (Å²) in [6.45, 7) is 8.88.